The highest BCUT2D eigenvalue weighted by molar-refractivity contribution is 7.99. The molecule has 1 saturated heterocycles. The van der Waals surface area contributed by atoms with Gasteiger partial charge in [0.05, 0.1) is 0 Å². The number of hydrogen-bond donors (Lipinski definition) is 2. The predicted molar refractivity (Wildman–Crippen MR) is 83.1 cm³/mol. The van der Waals surface area contributed by atoms with Crippen LogP contribution < -0.4 is 4.74 Å². The van der Waals surface area contributed by atoms with Gasteiger partial charge in [0, 0.05) is 28.9 Å². The van der Waals surface area contributed by atoms with Crippen LogP contribution in [0.1, 0.15) is 23.1 Å². The van der Waals surface area contributed by atoms with Gasteiger partial charge in [-0.2, -0.15) is 11.8 Å². The molecule has 2 aromatic rings. The first-order valence-corrected chi connectivity index (χ1v) is 8.24. The van der Waals surface area contributed by atoms with E-state index in [4.69, 9.17) is 4.74 Å². The number of benzene rings is 2. The number of ether oxygens (including phenoxy) is 1. The molecule has 0 saturated carbocycles. The summed E-state index contributed by atoms with van der Waals surface area (Å²) in [5.41, 5.74) is 2.23. The smallest absolute Gasteiger partial charge is 0.128 e. The fourth-order valence-electron chi connectivity index (χ4n) is 3.33. The van der Waals surface area contributed by atoms with Crippen LogP contribution in [0.4, 0.5) is 0 Å². The van der Waals surface area contributed by atoms with Crippen LogP contribution in [0.5, 0.6) is 17.2 Å². The van der Waals surface area contributed by atoms with E-state index in [1.807, 2.05) is 36.0 Å². The van der Waals surface area contributed by atoms with E-state index in [0.717, 1.165) is 28.4 Å². The second-order valence-electron chi connectivity index (χ2n) is 5.66. The lowest BCUT2D eigenvalue weighted by atomic mass is 9.80. The molecule has 0 unspecified atom stereocenters. The van der Waals surface area contributed by atoms with Crippen molar-refractivity contribution in [1.29, 1.82) is 0 Å². The van der Waals surface area contributed by atoms with Crippen molar-refractivity contribution in [2.24, 2.45) is 5.92 Å². The fraction of sp³-hybridized carbons (Fsp3) is 0.294. The highest BCUT2D eigenvalue weighted by Gasteiger charge is 2.42. The summed E-state index contributed by atoms with van der Waals surface area (Å²) in [6.07, 6.45) is 0.0163. The summed E-state index contributed by atoms with van der Waals surface area (Å²) in [4.78, 5) is 0. The molecular formula is C17H16O3S. The number of phenolic OH excluding ortho intramolecular Hbond substituents is 2. The third-order valence-corrected chi connectivity index (χ3v) is 5.60. The Bertz CT molecular complexity index is 668. The van der Waals surface area contributed by atoms with Crippen LogP contribution in [0.15, 0.2) is 42.5 Å². The Morgan fingerprint density at radius 1 is 0.952 bits per heavy atom. The van der Waals surface area contributed by atoms with Crippen molar-refractivity contribution in [1.82, 2.24) is 0 Å². The first-order valence-electron chi connectivity index (χ1n) is 7.08. The summed E-state index contributed by atoms with van der Waals surface area (Å²) >= 11 is 1.94. The van der Waals surface area contributed by atoms with Gasteiger partial charge in [0.15, 0.2) is 0 Å². The third-order valence-electron chi connectivity index (χ3n) is 4.38. The van der Waals surface area contributed by atoms with Crippen LogP contribution in [-0.2, 0) is 0 Å². The zero-order valence-corrected chi connectivity index (χ0v) is 12.2. The van der Waals surface area contributed by atoms with Gasteiger partial charge in [-0.05, 0) is 35.9 Å². The van der Waals surface area contributed by atoms with Crippen LogP contribution >= 0.6 is 11.8 Å². The van der Waals surface area contributed by atoms with Gasteiger partial charge in [0.2, 0.25) is 0 Å². The molecule has 2 aliphatic rings. The molecule has 0 aromatic heterocycles. The van der Waals surface area contributed by atoms with Gasteiger partial charge in [-0.25, -0.2) is 0 Å². The molecule has 2 heterocycles. The third kappa shape index (κ3) is 2.14. The number of aromatic hydroxyl groups is 2. The molecule has 0 amide bonds. The highest BCUT2D eigenvalue weighted by Crippen LogP contribution is 2.52. The van der Waals surface area contributed by atoms with E-state index in [1.54, 1.807) is 18.2 Å². The van der Waals surface area contributed by atoms with Crippen molar-refractivity contribution in [3.8, 4) is 17.2 Å². The number of rotatable bonds is 1. The standard InChI is InChI=1S/C17H16O3S/c18-11-3-1-10(2-4-11)17-15-9-21-8-14(15)13-7-12(19)5-6-16(13)20-17/h1-7,14-15,17-19H,8-9H2/t14-,15-,17-/m0/s1. The average Bonchev–Trinajstić information content (AvgIpc) is 2.97. The zero-order valence-electron chi connectivity index (χ0n) is 11.4. The SMILES string of the molecule is Oc1ccc([C@@H]2Oc3ccc(O)cc3[C@@H]3CSC[C@@H]32)cc1. The Morgan fingerprint density at radius 2 is 1.71 bits per heavy atom. The van der Waals surface area contributed by atoms with E-state index in [0.29, 0.717) is 17.6 Å². The second kappa shape index (κ2) is 4.88. The van der Waals surface area contributed by atoms with E-state index in [9.17, 15) is 10.2 Å². The van der Waals surface area contributed by atoms with Gasteiger partial charge in [-0.15, -0.1) is 0 Å². The van der Waals surface area contributed by atoms with Gasteiger partial charge >= 0.3 is 0 Å². The van der Waals surface area contributed by atoms with E-state index in [-0.39, 0.29) is 11.9 Å². The summed E-state index contributed by atoms with van der Waals surface area (Å²) in [5, 5.41) is 19.2. The molecule has 108 valence electrons. The largest absolute Gasteiger partial charge is 0.508 e. The Balaban J connectivity index is 1.77. The van der Waals surface area contributed by atoms with Crippen molar-refractivity contribution in [3.05, 3.63) is 53.6 Å². The van der Waals surface area contributed by atoms with Gasteiger partial charge in [0.1, 0.15) is 23.4 Å². The van der Waals surface area contributed by atoms with Crippen molar-refractivity contribution in [2.75, 3.05) is 11.5 Å². The lowest BCUT2D eigenvalue weighted by Crippen LogP contribution is -2.29. The van der Waals surface area contributed by atoms with Gasteiger partial charge in [0.25, 0.3) is 0 Å². The Morgan fingerprint density at radius 3 is 2.52 bits per heavy atom. The van der Waals surface area contributed by atoms with E-state index in [2.05, 4.69) is 0 Å². The molecule has 0 bridgehead atoms. The second-order valence-corrected chi connectivity index (χ2v) is 6.73. The van der Waals surface area contributed by atoms with E-state index >= 15 is 0 Å². The summed E-state index contributed by atoms with van der Waals surface area (Å²) in [5.74, 6) is 4.41. The first kappa shape index (κ1) is 12.9. The average molecular weight is 300 g/mol. The molecule has 2 aromatic carbocycles. The molecule has 2 aliphatic heterocycles. The fourth-order valence-corrected chi connectivity index (χ4v) is 4.82. The molecule has 3 nitrogen and oxygen atoms in total. The quantitative estimate of drug-likeness (QED) is 0.843. The first-order chi connectivity index (χ1) is 10.2. The molecule has 3 atom stereocenters. The Hall–Kier alpha value is -1.81. The maximum absolute atomic E-state index is 9.73. The number of hydrogen-bond acceptors (Lipinski definition) is 4. The number of phenols is 2. The van der Waals surface area contributed by atoms with Crippen molar-refractivity contribution < 1.29 is 14.9 Å². The Labute approximate surface area is 127 Å². The topological polar surface area (TPSA) is 49.7 Å². The number of fused-ring (bicyclic) bond motifs is 3. The monoisotopic (exact) mass is 300 g/mol. The lowest BCUT2D eigenvalue weighted by Gasteiger charge is -2.36. The van der Waals surface area contributed by atoms with Crippen LogP contribution in [0.25, 0.3) is 0 Å². The maximum Gasteiger partial charge on any atom is 0.128 e. The van der Waals surface area contributed by atoms with Crippen LogP contribution in [-0.4, -0.2) is 21.7 Å². The molecule has 21 heavy (non-hydrogen) atoms. The van der Waals surface area contributed by atoms with Crippen molar-refractivity contribution in [2.45, 2.75) is 12.0 Å². The molecule has 0 radical (unpaired) electrons. The molecule has 4 rings (SSSR count). The van der Waals surface area contributed by atoms with Crippen molar-refractivity contribution in [3.63, 3.8) is 0 Å². The van der Waals surface area contributed by atoms with Crippen molar-refractivity contribution >= 4 is 11.8 Å². The minimum Gasteiger partial charge on any atom is -0.508 e. The molecule has 0 aliphatic carbocycles. The molecular weight excluding hydrogens is 284 g/mol. The van der Waals surface area contributed by atoms with Crippen LogP contribution in [0.2, 0.25) is 0 Å². The molecule has 2 N–H and O–H groups in total. The maximum atomic E-state index is 9.73. The minimum atomic E-state index is 0.0163. The summed E-state index contributed by atoms with van der Waals surface area (Å²) in [7, 11) is 0. The van der Waals surface area contributed by atoms with Gasteiger partial charge in [-0.1, -0.05) is 12.1 Å². The lowest BCUT2D eigenvalue weighted by molar-refractivity contribution is 0.114. The number of thioether (sulfide) groups is 1. The van der Waals surface area contributed by atoms with Crippen LogP contribution in [0, 0.1) is 5.92 Å². The zero-order chi connectivity index (χ0) is 14.4. The Kier molecular flexibility index (Phi) is 3.00. The van der Waals surface area contributed by atoms with Crippen LogP contribution in [0.3, 0.4) is 0 Å². The summed E-state index contributed by atoms with van der Waals surface area (Å²) in [6.45, 7) is 0. The normalized spacial score (nSPS) is 26.8. The predicted octanol–water partition coefficient (Wildman–Crippen LogP) is 3.68. The molecule has 0 spiro atoms. The summed E-state index contributed by atoms with van der Waals surface area (Å²) < 4.78 is 6.22. The van der Waals surface area contributed by atoms with E-state index in [1.165, 1.54) is 0 Å². The molecule has 4 heteroatoms. The summed E-state index contributed by atoms with van der Waals surface area (Å²) in [6, 6.07) is 12.7. The highest BCUT2D eigenvalue weighted by atomic mass is 32.2. The van der Waals surface area contributed by atoms with Gasteiger partial charge in [-0.3, -0.25) is 0 Å². The van der Waals surface area contributed by atoms with E-state index < -0.39 is 0 Å². The molecule has 1 fully saturated rings. The minimum absolute atomic E-state index is 0.0163. The van der Waals surface area contributed by atoms with Gasteiger partial charge < -0.3 is 14.9 Å².